The highest BCUT2D eigenvalue weighted by Gasteiger charge is 2.24. The Morgan fingerprint density at radius 2 is 2.10 bits per heavy atom. The minimum Gasteiger partial charge on any atom is -0.462 e. The number of esters is 1. The van der Waals surface area contributed by atoms with E-state index >= 15 is 0 Å². The maximum Gasteiger partial charge on any atom is 0.341 e. The molecule has 0 aliphatic carbocycles. The number of nitrogen functional groups attached to an aromatic ring is 1. The lowest BCUT2D eigenvalue weighted by Crippen LogP contribution is -2.08. The predicted octanol–water partition coefficient (Wildman–Crippen LogP) is 5.18. The average Bonchev–Trinajstić information content (AvgIpc) is 2.71. The molecule has 6 heteroatoms. The molecule has 0 radical (unpaired) electrons. The molecule has 0 spiro atoms. The quantitative estimate of drug-likeness (QED) is 0.778. The topological polar surface area (TPSA) is 52.3 Å². The lowest BCUT2D eigenvalue weighted by molar-refractivity contribution is 0.0507. The number of aryl methyl sites for hydroxylation is 1. The van der Waals surface area contributed by atoms with Gasteiger partial charge in [-0.05, 0) is 25.5 Å². The highest BCUT2D eigenvalue weighted by molar-refractivity contribution is 7.16. The molecule has 0 saturated carbocycles. The second kappa shape index (κ2) is 6.69. The molecule has 0 unspecified atom stereocenters. The number of rotatable bonds is 4. The SMILES string of the molecule is CCCOC(=O)c1c(N)sc(C)c1-c1ccc(Cl)cc1Cl. The summed E-state index contributed by atoms with van der Waals surface area (Å²) in [4.78, 5) is 13.2. The monoisotopic (exact) mass is 343 g/mol. The van der Waals surface area contributed by atoms with E-state index in [2.05, 4.69) is 0 Å². The van der Waals surface area contributed by atoms with Crippen LogP contribution in [-0.4, -0.2) is 12.6 Å². The van der Waals surface area contributed by atoms with Crippen molar-refractivity contribution in [2.24, 2.45) is 0 Å². The molecule has 1 heterocycles. The lowest BCUT2D eigenvalue weighted by atomic mass is 10.0. The molecule has 0 amide bonds. The number of nitrogens with two attached hydrogens (primary N) is 1. The number of hydrogen-bond donors (Lipinski definition) is 1. The zero-order valence-corrected chi connectivity index (χ0v) is 14.0. The molecule has 0 bridgehead atoms. The zero-order valence-electron chi connectivity index (χ0n) is 11.7. The minimum atomic E-state index is -0.417. The summed E-state index contributed by atoms with van der Waals surface area (Å²) in [6, 6.07) is 5.17. The van der Waals surface area contributed by atoms with Gasteiger partial charge in [0.25, 0.3) is 0 Å². The molecule has 2 aromatic rings. The van der Waals surface area contributed by atoms with Gasteiger partial charge in [0, 0.05) is 26.0 Å². The molecule has 1 aromatic carbocycles. The third kappa shape index (κ3) is 3.34. The van der Waals surface area contributed by atoms with E-state index in [1.54, 1.807) is 18.2 Å². The molecule has 0 aliphatic heterocycles. The van der Waals surface area contributed by atoms with Gasteiger partial charge in [-0.25, -0.2) is 4.79 Å². The molecule has 0 saturated heterocycles. The number of anilines is 1. The second-order valence-corrected chi connectivity index (χ2v) is 6.63. The Labute approximate surface area is 137 Å². The van der Waals surface area contributed by atoms with Gasteiger partial charge in [0.05, 0.1) is 6.61 Å². The summed E-state index contributed by atoms with van der Waals surface area (Å²) in [5, 5.41) is 1.46. The Morgan fingerprint density at radius 3 is 2.71 bits per heavy atom. The molecule has 3 nitrogen and oxygen atoms in total. The van der Waals surface area contributed by atoms with Crippen LogP contribution in [0.4, 0.5) is 5.00 Å². The van der Waals surface area contributed by atoms with Gasteiger partial charge in [0.1, 0.15) is 10.6 Å². The van der Waals surface area contributed by atoms with Gasteiger partial charge >= 0.3 is 5.97 Å². The first kappa shape index (κ1) is 16.1. The van der Waals surface area contributed by atoms with Crippen LogP contribution in [-0.2, 0) is 4.74 Å². The second-order valence-electron chi connectivity index (χ2n) is 4.53. The van der Waals surface area contributed by atoms with Gasteiger partial charge in [0.15, 0.2) is 0 Å². The zero-order chi connectivity index (χ0) is 15.6. The Balaban J connectivity index is 2.55. The van der Waals surface area contributed by atoms with Crippen LogP contribution in [0.3, 0.4) is 0 Å². The van der Waals surface area contributed by atoms with Crippen LogP contribution in [0.1, 0.15) is 28.6 Å². The van der Waals surface area contributed by atoms with Gasteiger partial charge in [-0.15, -0.1) is 11.3 Å². The summed E-state index contributed by atoms with van der Waals surface area (Å²) < 4.78 is 5.22. The number of thiophene rings is 1. The van der Waals surface area contributed by atoms with Crippen LogP contribution in [0.15, 0.2) is 18.2 Å². The number of carbonyl (C=O) groups excluding carboxylic acids is 1. The fourth-order valence-corrected chi connectivity index (χ4v) is 3.49. The highest BCUT2D eigenvalue weighted by Crippen LogP contribution is 2.42. The molecule has 1 aromatic heterocycles. The van der Waals surface area contributed by atoms with E-state index in [4.69, 9.17) is 33.7 Å². The maximum absolute atomic E-state index is 12.2. The molecule has 0 aliphatic rings. The van der Waals surface area contributed by atoms with Gasteiger partial charge in [-0.3, -0.25) is 0 Å². The molecule has 112 valence electrons. The van der Waals surface area contributed by atoms with E-state index in [0.29, 0.717) is 27.2 Å². The van der Waals surface area contributed by atoms with E-state index in [0.717, 1.165) is 22.4 Å². The van der Waals surface area contributed by atoms with Crippen LogP contribution in [0.25, 0.3) is 11.1 Å². The van der Waals surface area contributed by atoms with Gasteiger partial charge in [0.2, 0.25) is 0 Å². The number of benzene rings is 1. The first-order chi connectivity index (χ1) is 9.95. The van der Waals surface area contributed by atoms with E-state index in [9.17, 15) is 4.79 Å². The van der Waals surface area contributed by atoms with Crippen LogP contribution in [0.5, 0.6) is 0 Å². The van der Waals surface area contributed by atoms with E-state index in [-0.39, 0.29) is 0 Å². The standard InChI is InChI=1S/C15H15Cl2NO2S/c1-3-6-20-15(19)13-12(8(2)21-14(13)18)10-5-4-9(16)7-11(10)17/h4-5,7H,3,6,18H2,1-2H3. The first-order valence-electron chi connectivity index (χ1n) is 6.47. The van der Waals surface area contributed by atoms with Crippen LogP contribution in [0.2, 0.25) is 10.0 Å². The highest BCUT2D eigenvalue weighted by atomic mass is 35.5. The average molecular weight is 344 g/mol. The van der Waals surface area contributed by atoms with E-state index < -0.39 is 5.97 Å². The smallest absolute Gasteiger partial charge is 0.341 e. The number of carbonyl (C=O) groups is 1. The summed E-state index contributed by atoms with van der Waals surface area (Å²) in [5.41, 5.74) is 7.82. The van der Waals surface area contributed by atoms with E-state index in [1.165, 1.54) is 11.3 Å². The summed E-state index contributed by atoms with van der Waals surface area (Å²) in [6.45, 7) is 4.20. The van der Waals surface area contributed by atoms with Crippen molar-refractivity contribution in [3.8, 4) is 11.1 Å². The number of halogens is 2. The Kier molecular flexibility index (Phi) is 5.14. The Hall–Kier alpha value is -1.23. The van der Waals surface area contributed by atoms with Crippen molar-refractivity contribution in [2.75, 3.05) is 12.3 Å². The predicted molar refractivity (Wildman–Crippen MR) is 89.5 cm³/mol. The molecule has 21 heavy (non-hydrogen) atoms. The first-order valence-corrected chi connectivity index (χ1v) is 8.04. The molecular weight excluding hydrogens is 329 g/mol. The normalized spacial score (nSPS) is 10.7. The summed E-state index contributed by atoms with van der Waals surface area (Å²) >= 11 is 13.5. The van der Waals surface area contributed by atoms with Crippen molar-refractivity contribution in [3.63, 3.8) is 0 Å². The van der Waals surface area contributed by atoms with Gasteiger partial charge < -0.3 is 10.5 Å². The summed E-state index contributed by atoms with van der Waals surface area (Å²) in [5.74, 6) is -0.417. The number of ether oxygens (including phenoxy) is 1. The minimum absolute atomic E-state index is 0.362. The fraction of sp³-hybridized carbons (Fsp3) is 0.267. The van der Waals surface area contributed by atoms with Crippen molar-refractivity contribution in [1.82, 2.24) is 0 Å². The maximum atomic E-state index is 12.2. The van der Waals surface area contributed by atoms with Crippen LogP contribution >= 0.6 is 34.5 Å². The van der Waals surface area contributed by atoms with Crippen molar-refractivity contribution < 1.29 is 9.53 Å². The van der Waals surface area contributed by atoms with Crippen molar-refractivity contribution in [1.29, 1.82) is 0 Å². The van der Waals surface area contributed by atoms with Crippen LogP contribution in [0, 0.1) is 6.92 Å². The molecule has 2 N–H and O–H groups in total. The van der Waals surface area contributed by atoms with Crippen molar-refractivity contribution in [2.45, 2.75) is 20.3 Å². The lowest BCUT2D eigenvalue weighted by Gasteiger charge is -2.09. The summed E-state index contributed by atoms with van der Waals surface area (Å²) in [7, 11) is 0. The van der Waals surface area contributed by atoms with Crippen molar-refractivity contribution in [3.05, 3.63) is 38.7 Å². The van der Waals surface area contributed by atoms with Crippen LogP contribution < -0.4 is 5.73 Å². The molecule has 0 atom stereocenters. The Bertz CT molecular complexity index is 683. The van der Waals surface area contributed by atoms with Gasteiger partial charge in [-0.2, -0.15) is 0 Å². The van der Waals surface area contributed by atoms with E-state index in [1.807, 2.05) is 13.8 Å². The molecular formula is C15H15Cl2NO2S. The number of hydrogen-bond acceptors (Lipinski definition) is 4. The molecule has 0 fully saturated rings. The molecule has 2 rings (SSSR count). The fourth-order valence-electron chi connectivity index (χ4n) is 2.05. The van der Waals surface area contributed by atoms with Crippen molar-refractivity contribution >= 4 is 45.5 Å². The third-order valence-electron chi connectivity index (χ3n) is 2.95. The summed E-state index contributed by atoms with van der Waals surface area (Å²) in [6.07, 6.45) is 0.756. The van der Waals surface area contributed by atoms with Gasteiger partial charge in [-0.1, -0.05) is 36.2 Å². The largest absolute Gasteiger partial charge is 0.462 e. The Morgan fingerprint density at radius 1 is 1.38 bits per heavy atom. The third-order valence-corrected chi connectivity index (χ3v) is 4.44.